The zero-order chi connectivity index (χ0) is 19.7. The minimum absolute atomic E-state index is 0.0280. The molecule has 0 bridgehead atoms. The van der Waals surface area contributed by atoms with E-state index >= 15 is 0 Å². The van der Waals surface area contributed by atoms with Gasteiger partial charge in [0.15, 0.2) is 0 Å². The Labute approximate surface area is 170 Å². The maximum absolute atomic E-state index is 11.5. The summed E-state index contributed by atoms with van der Waals surface area (Å²) in [6, 6.07) is 9.27. The number of aromatic nitrogens is 2. The van der Waals surface area contributed by atoms with Crippen LogP contribution in [0.4, 0.5) is 11.4 Å². The second-order valence-corrected chi connectivity index (χ2v) is 8.04. The van der Waals surface area contributed by atoms with Crippen molar-refractivity contribution < 1.29 is 10.0 Å². The van der Waals surface area contributed by atoms with E-state index in [-0.39, 0.29) is 11.7 Å². The SMILES string of the molecule is O=[N+]([O-])c1cnc2ccc(Br)cc2c1NC1CCC(O)(c2cccnc2)CC1. The van der Waals surface area contributed by atoms with Crippen LogP contribution >= 0.6 is 15.9 Å². The van der Waals surface area contributed by atoms with Gasteiger partial charge in [0, 0.05) is 33.9 Å². The molecule has 1 fully saturated rings. The first kappa shape index (κ1) is 18.8. The van der Waals surface area contributed by atoms with Crippen LogP contribution in [-0.2, 0) is 5.60 Å². The lowest BCUT2D eigenvalue weighted by Gasteiger charge is -2.36. The fraction of sp³-hybridized carbons (Fsp3) is 0.300. The van der Waals surface area contributed by atoms with Crippen molar-refractivity contribution in [2.24, 2.45) is 0 Å². The maximum atomic E-state index is 11.5. The van der Waals surface area contributed by atoms with E-state index in [1.54, 1.807) is 12.4 Å². The van der Waals surface area contributed by atoms with E-state index in [2.05, 4.69) is 31.2 Å². The molecule has 0 aliphatic heterocycles. The lowest BCUT2D eigenvalue weighted by molar-refractivity contribution is -0.384. The molecule has 1 aliphatic carbocycles. The van der Waals surface area contributed by atoms with Crippen LogP contribution in [0.5, 0.6) is 0 Å². The highest BCUT2D eigenvalue weighted by Crippen LogP contribution is 2.40. The van der Waals surface area contributed by atoms with Crippen molar-refractivity contribution in [3.63, 3.8) is 0 Å². The predicted octanol–water partition coefficient (Wildman–Crippen LogP) is 4.54. The molecule has 0 atom stereocenters. The Morgan fingerprint density at radius 3 is 2.71 bits per heavy atom. The van der Waals surface area contributed by atoms with Crippen LogP contribution in [0.1, 0.15) is 31.2 Å². The molecule has 144 valence electrons. The van der Waals surface area contributed by atoms with Crippen LogP contribution in [0.3, 0.4) is 0 Å². The zero-order valence-electron chi connectivity index (χ0n) is 15.0. The van der Waals surface area contributed by atoms with E-state index in [1.165, 1.54) is 6.20 Å². The van der Waals surface area contributed by atoms with E-state index < -0.39 is 10.5 Å². The molecule has 2 N–H and O–H groups in total. The molecule has 8 heteroatoms. The summed E-state index contributed by atoms with van der Waals surface area (Å²) in [6.07, 6.45) is 7.21. The zero-order valence-corrected chi connectivity index (χ0v) is 16.6. The van der Waals surface area contributed by atoms with Gasteiger partial charge in [-0.3, -0.25) is 15.1 Å². The van der Waals surface area contributed by atoms with Gasteiger partial charge in [0.2, 0.25) is 0 Å². The molecular weight excluding hydrogens is 424 g/mol. The first-order chi connectivity index (χ1) is 13.5. The minimum atomic E-state index is -0.901. The van der Waals surface area contributed by atoms with Crippen molar-refractivity contribution in [1.82, 2.24) is 9.97 Å². The smallest absolute Gasteiger partial charge is 0.311 e. The molecular formula is C20H19BrN4O3. The summed E-state index contributed by atoms with van der Waals surface area (Å²) in [5.74, 6) is 0. The van der Waals surface area contributed by atoms with Gasteiger partial charge in [-0.2, -0.15) is 0 Å². The first-order valence-corrected chi connectivity index (χ1v) is 9.88. The standard InChI is InChI=1S/C20H19BrN4O3/c21-14-3-4-17-16(10-14)19(18(12-23-17)25(27)28)24-15-5-7-20(26,8-6-15)13-2-1-9-22-11-13/h1-4,9-12,15,26H,5-8H2,(H,23,24). The number of rotatable bonds is 4. The summed E-state index contributed by atoms with van der Waals surface area (Å²) in [5, 5.41) is 26.6. The first-order valence-electron chi connectivity index (χ1n) is 9.08. The van der Waals surface area contributed by atoms with Gasteiger partial charge >= 0.3 is 5.69 Å². The third-order valence-corrected chi connectivity index (χ3v) is 5.86. The van der Waals surface area contributed by atoms with Crippen LogP contribution in [-0.4, -0.2) is 26.0 Å². The molecule has 0 unspecified atom stereocenters. The number of hydrogen-bond acceptors (Lipinski definition) is 6. The molecule has 3 aromatic rings. The Balaban J connectivity index is 1.60. The van der Waals surface area contributed by atoms with Gasteiger partial charge in [-0.1, -0.05) is 22.0 Å². The summed E-state index contributed by atoms with van der Waals surface area (Å²) < 4.78 is 0.833. The number of fused-ring (bicyclic) bond motifs is 1. The highest BCUT2D eigenvalue weighted by atomic mass is 79.9. The van der Waals surface area contributed by atoms with Crippen LogP contribution in [0, 0.1) is 10.1 Å². The third kappa shape index (κ3) is 3.57. The van der Waals surface area contributed by atoms with E-state index in [9.17, 15) is 15.2 Å². The van der Waals surface area contributed by atoms with Gasteiger partial charge < -0.3 is 10.4 Å². The predicted molar refractivity (Wildman–Crippen MR) is 110 cm³/mol. The average molecular weight is 443 g/mol. The summed E-state index contributed by atoms with van der Waals surface area (Å²) in [5.41, 5.74) is 1.05. The van der Waals surface area contributed by atoms with Gasteiger partial charge in [0.1, 0.15) is 11.9 Å². The van der Waals surface area contributed by atoms with Crippen molar-refractivity contribution >= 4 is 38.2 Å². The van der Waals surface area contributed by atoms with Crippen LogP contribution in [0.2, 0.25) is 0 Å². The number of aliphatic hydroxyl groups is 1. The number of nitro groups is 1. The Morgan fingerprint density at radius 2 is 2.04 bits per heavy atom. The number of benzene rings is 1. The lowest BCUT2D eigenvalue weighted by Crippen LogP contribution is -2.36. The molecule has 0 radical (unpaired) electrons. The van der Waals surface area contributed by atoms with Crippen molar-refractivity contribution in [1.29, 1.82) is 0 Å². The van der Waals surface area contributed by atoms with E-state index in [1.807, 2.05) is 30.3 Å². The molecule has 0 saturated heterocycles. The Hall–Kier alpha value is -2.58. The Bertz CT molecular complexity index is 1020. The van der Waals surface area contributed by atoms with E-state index in [0.717, 1.165) is 10.0 Å². The van der Waals surface area contributed by atoms with Crippen molar-refractivity contribution in [3.05, 3.63) is 69.1 Å². The highest BCUT2D eigenvalue weighted by molar-refractivity contribution is 9.10. The average Bonchev–Trinajstić information content (AvgIpc) is 2.70. The number of nitrogens with zero attached hydrogens (tertiary/aromatic N) is 3. The van der Waals surface area contributed by atoms with Gasteiger partial charge in [-0.25, -0.2) is 4.98 Å². The van der Waals surface area contributed by atoms with Gasteiger partial charge in [0.25, 0.3) is 0 Å². The second-order valence-electron chi connectivity index (χ2n) is 7.13. The van der Waals surface area contributed by atoms with Gasteiger partial charge in [0.05, 0.1) is 16.0 Å². The van der Waals surface area contributed by atoms with Crippen LogP contribution in [0.15, 0.2) is 53.4 Å². The highest BCUT2D eigenvalue weighted by Gasteiger charge is 2.35. The molecule has 4 rings (SSSR count). The minimum Gasteiger partial charge on any atom is -0.385 e. The maximum Gasteiger partial charge on any atom is 0.311 e. The molecule has 7 nitrogen and oxygen atoms in total. The largest absolute Gasteiger partial charge is 0.385 e. The van der Waals surface area contributed by atoms with Crippen LogP contribution in [0.25, 0.3) is 10.9 Å². The number of pyridine rings is 2. The van der Waals surface area contributed by atoms with Crippen LogP contribution < -0.4 is 5.32 Å². The quantitative estimate of drug-likeness (QED) is 0.454. The monoisotopic (exact) mass is 442 g/mol. The molecule has 0 spiro atoms. The molecule has 2 heterocycles. The lowest BCUT2D eigenvalue weighted by atomic mass is 9.78. The summed E-state index contributed by atoms with van der Waals surface area (Å²) in [7, 11) is 0. The molecule has 1 aromatic carbocycles. The Morgan fingerprint density at radius 1 is 1.25 bits per heavy atom. The molecule has 1 saturated carbocycles. The summed E-state index contributed by atoms with van der Waals surface area (Å²) >= 11 is 3.43. The van der Waals surface area contributed by atoms with Gasteiger partial charge in [-0.05, 0) is 49.9 Å². The fourth-order valence-electron chi connectivity index (χ4n) is 3.81. The van der Waals surface area contributed by atoms with Crippen molar-refractivity contribution in [2.45, 2.75) is 37.3 Å². The summed E-state index contributed by atoms with van der Waals surface area (Å²) in [4.78, 5) is 19.4. The molecule has 0 amide bonds. The number of hydrogen-bond donors (Lipinski definition) is 2. The Kier molecular flexibility index (Phi) is 4.99. The molecule has 2 aromatic heterocycles. The summed E-state index contributed by atoms with van der Waals surface area (Å²) in [6.45, 7) is 0. The molecule has 28 heavy (non-hydrogen) atoms. The molecule has 1 aliphatic rings. The fourth-order valence-corrected chi connectivity index (χ4v) is 4.18. The van der Waals surface area contributed by atoms with Crippen molar-refractivity contribution in [3.8, 4) is 0 Å². The number of nitrogens with one attached hydrogen (secondary N) is 1. The third-order valence-electron chi connectivity index (χ3n) is 5.37. The van der Waals surface area contributed by atoms with E-state index in [4.69, 9.17) is 0 Å². The van der Waals surface area contributed by atoms with Crippen molar-refractivity contribution in [2.75, 3.05) is 5.32 Å². The number of anilines is 1. The van der Waals surface area contributed by atoms with E-state index in [0.29, 0.717) is 42.3 Å². The number of halogens is 1. The topological polar surface area (TPSA) is 101 Å². The second kappa shape index (κ2) is 7.44. The normalized spacial score (nSPS) is 22.1. The van der Waals surface area contributed by atoms with Gasteiger partial charge in [-0.15, -0.1) is 0 Å².